The van der Waals surface area contributed by atoms with Gasteiger partial charge in [-0.15, -0.1) is 0 Å². The first kappa shape index (κ1) is 13.4. The van der Waals surface area contributed by atoms with E-state index in [4.69, 9.17) is 10.5 Å². The molecule has 84 valence electrons. The summed E-state index contributed by atoms with van der Waals surface area (Å²) in [4.78, 5) is 13.4. The fourth-order valence-corrected chi connectivity index (χ4v) is 1.28. The summed E-state index contributed by atoms with van der Waals surface area (Å²) in [5, 5.41) is 0. The summed E-state index contributed by atoms with van der Waals surface area (Å²) in [6.45, 7) is 7.89. The second-order valence-electron chi connectivity index (χ2n) is 3.28. The smallest absolute Gasteiger partial charge is 0.248 e. The maximum Gasteiger partial charge on any atom is 0.248 e. The lowest BCUT2D eigenvalue weighted by Crippen LogP contribution is -2.40. The molecule has 1 amide bonds. The third kappa shape index (κ3) is 4.58. The predicted octanol–water partition coefficient (Wildman–Crippen LogP) is 0.609. The Morgan fingerprint density at radius 1 is 1.50 bits per heavy atom. The Bertz CT molecular complexity index is 162. The maximum atomic E-state index is 11.6. The number of carbonyl (C=O) groups is 1. The van der Waals surface area contributed by atoms with Crippen molar-refractivity contribution in [3.8, 4) is 0 Å². The van der Waals surface area contributed by atoms with Gasteiger partial charge in [0.05, 0.1) is 6.61 Å². The van der Waals surface area contributed by atoms with Crippen LogP contribution in [0.15, 0.2) is 0 Å². The Morgan fingerprint density at radius 2 is 2.14 bits per heavy atom. The maximum absolute atomic E-state index is 11.6. The summed E-state index contributed by atoms with van der Waals surface area (Å²) in [7, 11) is 0. The molecule has 0 aliphatic heterocycles. The van der Waals surface area contributed by atoms with Gasteiger partial charge in [-0.05, 0) is 20.3 Å². The van der Waals surface area contributed by atoms with Crippen molar-refractivity contribution < 1.29 is 9.53 Å². The molecule has 2 N–H and O–H groups in total. The van der Waals surface area contributed by atoms with Crippen LogP contribution in [0.3, 0.4) is 0 Å². The van der Waals surface area contributed by atoms with Crippen LogP contribution in [0.25, 0.3) is 0 Å². The highest BCUT2D eigenvalue weighted by molar-refractivity contribution is 5.77. The summed E-state index contributed by atoms with van der Waals surface area (Å²) in [5.41, 5.74) is 5.26. The Labute approximate surface area is 86.4 Å². The number of nitrogens with zero attached hydrogens (tertiary/aromatic N) is 1. The lowest BCUT2D eigenvalue weighted by molar-refractivity contribution is -0.137. The number of hydrogen-bond acceptors (Lipinski definition) is 3. The van der Waals surface area contributed by atoms with E-state index >= 15 is 0 Å². The molecule has 0 aromatic rings. The predicted molar refractivity (Wildman–Crippen MR) is 57.0 cm³/mol. The van der Waals surface area contributed by atoms with Crippen LogP contribution in [0, 0.1) is 0 Å². The molecule has 0 aromatic carbocycles. The van der Waals surface area contributed by atoms with Gasteiger partial charge in [0.2, 0.25) is 5.91 Å². The van der Waals surface area contributed by atoms with E-state index in [-0.39, 0.29) is 18.6 Å². The molecule has 0 aliphatic rings. The molecule has 0 saturated heterocycles. The van der Waals surface area contributed by atoms with Gasteiger partial charge in [0, 0.05) is 19.1 Å². The fraction of sp³-hybridized carbons (Fsp3) is 0.900. The van der Waals surface area contributed by atoms with E-state index in [0.717, 1.165) is 13.0 Å². The van der Waals surface area contributed by atoms with Crippen LogP contribution in [-0.4, -0.2) is 43.2 Å². The molecule has 0 spiro atoms. The molecule has 0 aromatic heterocycles. The van der Waals surface area contributed by atoms with Gasteiger partial charge in [-0.25, -0.2) is 0 Å². The van der Waals surface area contributed by atoms with E-state index in [9.17, 15) is 4.79 Å². The van der Waals surface area contributed by atoms with Crippen molar-refractivity contribution in [2.24, 2.45) is 5.73 Å². The van der Waals surface area contributed by atoms with Gasteiger partial charge in [0.15, 0.2) is 0 Å². The van der Waals surface area contributed by atoms with Gasteiger partial charge >= 0.3 is 0 Å². The third-order valence-electron chi connectivity index (χ3n) is 2.27. The lowest BCUT2D eigenvalue weighted by atomic mass is 10.2. The highest BCUT2D eigenvalue weighted by atomic mass is 16.5. The molecule has 0 fully saturated rings. The molecule has 0 bridgehead atoms. The number of carbonyl (C=O) groups excluding carboxylic acids is 1. The first-order valence-corrected chi connectivity index (χ1v) is 5.24. The van der Waals surface area contributed by atoms with Crippen LogP contribution in [0.4, 0.5) is 0 Å². The molecule has 14 heavy (non-hydrogen) atoms. The first-order chi connectivity index (χ1) is 6.67. The SMILES string of the molecule is CCC(C)N(CC)C(=O)COCCN. The van der Waals surface area contributed by atoms with Crippen LogP contribution < -0.4 is 5.73 Å². The third-order valence-corrected chi connectivity index (χ3v) is 2.27. The van der Waals surface area contributed by atoms with E-state index in [0.29, 0.717) is 13.2 Å². The second kappa shape index (κ2) is 7.76. The number of hydrogen-bond donors (Lipinski definition) is 1. The molecule has 0 aliphatic carbocycles. The molecular formula is C10H22N2O2. The Morgan fingerprint density at radius 3 is 2.57 bits per heavy atom. The minimum atomic E-state index is 0.0512. The van der Waals surface area contributed by atoms with Crippen molar-refractivity contribution in [3.63, 3.8) is 0 Å². The quantitative estimate of drug-likeness (QED) is 0.615. The molecule has 0 heterocycles. The summed E-state index contributed by atoms with van der Waals surface area (Å²) in [6.07, 6.45) is 0.969. The van der Waals surface area contributed by atoms with Crippen molar-refractivity contribution >= 4 is 5.91 Å². The molecule has 0 radical (unpaired) electrons. The number of nitrogens with two attached hydrogens (primary N) is 1. The van der Waals surface area contributed by atoms with Crippen LogP contribution in [0.2, 0.25) is 0 Å². The van der Waals surface area contributed by atoms with Gasteiger partial charge in [0.25, 0.3) is 0 Å². The Kier molecular flexibility index (Phi) is 7.42. The highest BCUT2D eigenvalue weighted by Crippen LogP contribution is 2.03. The van der Waals surface area contributed by atoms with Gasteiger partial charge in [0.1, 0.15) is 6.61 Å². The summed E-state index contributed by atoms with van der Waals surface area (Å²) >= 11 is 0. The minimum Gasteiger partial charge on any atom is -0.370 e. The molecule has 0 rings (SSSR count). The van der Waals surface area contributed by atoms with E-state index in [1.807, 2.05) is 18.7 Å². The fourth-order valence-electron chi connectivity index (χ4n) is 1.28. The van der Waals surface area contributed by atoms with E-state index in [2.05, 4.69) is 6.92 Å². The van der Waals surface area contributed by atoms with Crippen LogP contribution in [0.5, 0.6) is 0 Å². The summed E-state index contributed by atoms with van der Waals surface area (Å²) in [5.74, 6) is 0.0512. The summed E-state index contributed by atoms with van der Waals surface area (Å²) in [6, 6.07) is 0.286. The zero-order valence-electron chi connectivity index (χ0n) is 9.45. The molecule has 4 heteroatoms. The average Bonchev–Trinajstić information content (AvgIpc) is 2.19. The Balaban J connectivity index is 3.91. The standard InChI is InChI=1S/C10H22N2O2/c1-4-9(3)12(5-2)10(13)8-14-7-6-11/h9H,4-8,11H2,1-3H3. The van der Waals surface area contributed by atoms with Crippen molar-refractivity contribution in [2.45, 2.75) is 33.2 Å². The number of amides is 1. The monoisotopic (exact) mass is 202 g/mol. The van der Waals surface area contributed by atoms with Crippen molar-refractivity contribution in [3.05, 3.63) is 0 Å². The van der Waals surface area contributed by atoms with Crippen LogP contribution in [-0.2, 0) is 9.53 Å². The second-order valence-corrected chi connectivity index (χ2v) is 3.28. The van der Waals surface area contributed by atoms with Gasteiger partial charge < -0.3 is 15.4 Å². The average molecular weight is 202 g/mol. The van der Waals surface area contributed by atoms with Gasteiger partial charge in [-0.2, -0.15) is 0 Å². The first-order valence-electron chi connectivity index (χ1n) is 5.24. The van der Waals surface area contributed by atoms with Gasteiger partial charge in [-0.3, -0.25) is 4.79 Å². The van der Waals surface area contributed by atoms with Gasteiger partial charge in [-0.1, -0.05) is 6.92 Å². The van der Waals surface area contributed by atoms with Crippen molar-refractivity contribution in [1.29, 1.82) is 0 Å². The minimum absolute atomic E-state index is 0.0512. The molecule has 1 atom stereocenters. The molecule has 1 unspecified atom stereocenters. The molecule has 0 saturated carbocycles. The van der Waals surface area contributed by atoms with Crippen LogP contribution >= 0.6 is 0 Å². The number of likely N-dealkylation sites (N-methyl/N-ethyl adjacent to an activating group) is 1. The zero-order chi connectivity index (χ0) is 11.0. The Hall–Kier alpha value is -0.610. The summed E-state index contributed by atoms with van der Waals surface area (Å²) < 4.78 is 5.11. The topological polar surface area (TPSA) is 55.6 Å². The lowest BCUT2D eigenvalue weighted by Gasteiger charge is -2.27. The zero-order valence-corrected chi connectivity index (χ0v) is 9.45. The molecular weight excluding hydrogens is 180 g/mol. The van der Waals surface area contributed by atoms with E-state index in [1.165, 1.54) is 0 Å². The largest absolute Gasteiger partial charge is 0.370 e. The van der Waals surface area contributed by atoms with E-state index in [1.54, 1.807) is 0 Å². The molecule has 4 nitrogen and oxygen atoms in total. The van der Waals surface area contributed by atoms with Crippen LogP contribution in [0.1, 0.15) is 27.2 Å². The number of rotatable bonds is 7. The number of ether oxygens (including phenoxy) is 1. The van der Waals surface area contributed by atoms with Crippen molar-refractivity contribution in [1.82, 2.24) is 4.90 Å². The van der Waals surface area contributed by atoms with E-state index < -0.39 is 0 Å². The highest BCUT2D eigenvalue weighted by Gasteiger charge is 2.16. The van der Waals surface area contributed by atoms with Crippen molar-refractivity contribution in [2.75, 3.05) is 26.3 Å². The normalized spacial score (nSPS) is 12.6.